The maximum absolute atomic E-state index is 4.68. The first-order valence-electron chi connectivity index (χ1n) is 7.10. The molecular formula is C14H24N4S. The van der Waals surface area contributed by atoms with E-state index >= 15 is 0 Å². The molecule has 0 aromatic carbocycles. The first-order valence-corrected chi connectivity index (χ1v) is 8.15. The highest BCUT2D eigenvalue weighted by molar-refractivity contribution is 8.00. The maximum atomic E-state index is 4.68. The highest BCUT2D eigenvalue weighted by Crippen LogP contribution is 2.21. The summed E-state index contributed by atoms with van der Waals surface area (Å²) in [5.74, 6) is 2.06. The molecule has 1 unspecified atom stereocenters. The van der Waals surface area contributed by atoms with E-state index in [0.717, 1.165) is 44.2 Å². The summed E-state index contributed by atoms with van der Waals surface area (Å²) in [6.07, 6.45) is 3.13. The average Bonchev–Trinajstić information content (AvgIpc) is 2.41. The molecule has 1 N–H and O–H groups in total. The van der Waals surface area contributed by atoms with Gasteiger partial charge in [0.1, 0.15) is 0 Å². The summed E-state index contributed by atoms with van der Waals surface area (Å²) in [7, 11) is 0. The summed E-state index contributed by atoms with van der Waals surface area (Å²) < 4.78 is 0. The summed E-state index contributed by atoms with van der Waals surface area (Å²) in [4.78, 5) is 11.5. The van der Waals surface area contributed by atoms with Crippen LogP contribution in [0.5, 0.6) is 0 Å². The third-order valence-corrected chi connectivity index (χ3v) is 4.47. The van der Waals surface area contributed by atoms with E-state index < -0.39 is 0 Å². The van der Waals surface area contributed by atoms with E-state index in [-0.39, 0.29) is 0 Å². The number of rotatable bonds is 5. The van der Waals surface area contributed by atoms with Crippen LogP contribution in [0, 0.1) is 6.92 Å². The molecule has 106 valence electrons. The van der Waals surface area contributed by atoms with Crippen molar-refractivity contribution in [1.82, 2.24) is 15.3 Å². The van der Waals surface area contributed by atoms with E-state index in [2.05, 4.69) is 41.0 Å². The second-order valence-electron chi connectivity index (χ2n) is 5.08. The molecule has 0 aliphatic carbocycles. The fourth-order valence-electron chi connectivity index (χ4n) is 2.21. The molecule has 4 nitrogen and oxygen atoms in total. The van der Waals surface area contributed by atoms with Crippen molar-refractivity contribution in [2.75, 3.05) is 30.3 Å². The van der Waals surface area contributed by atoms with Crippen molar-refractivity contribution in [2.45, 2.75) is 39.0 Å². The maximum Gasteiger partial charge on any atom is 0.225 e. The number of aryl methyl sites for hydroxylation is 1. The minimum absolute atomic E-state index is 0.670. The number of hydrogen-bond donors (Lipinski definition) is 1. The molecule has 1 aliphatic rings. The SMILES string of the molecule is CCCNCc1cnc(N2CCSC(C)C2)nc1C. The smallest absolute Gasteiger partial charge is 0.225 e. The van der Waals surface area contributed by atoms with Crippen LogP contribution in [0.25, 0.3) is 0 Å². The van der Waals surface area contributed by atoms with Crippen LogP contribution in [-0.2, 0) is 6.54 Å². The molecular weight excluding hydrogens is 256 g/mol. The number of anilines is 1. The van der Waals surface area contributed by atoms with Crippen LogP contribution in [0.4, 0.5) is 5.95 Å². The summed E-state index contributed by atoms with van der Waals surface area (Å²) in [6, 6.07) is 0. The van der Waals surface area contributed by atoms with E-state index in [1.165, 1.54) is 11.3 Å². The van der Waals surface area contributed by atoms with Crippen LogP contribution in [0.3, 0.4) is 0 Å². The Kier molecular flexibility index (Phi) is 5.45. The fraction of sp³-hybridized carbons (Fsp3) is 0.714. The molecule has 1 saturated heterocycles. The summed E-state index contributed by atoms with van der Waals surface area (Å²) >= 11 is 2.03. The minimum Gasteiger partial charge on any atom is -0.339 e. The van der Waals surface area contributed by atoms with Crippen molar-refractivity contribution >= 4 is 17.7 Å². The second kappa shape index (κ2) is 7.10. The van der Waals surface area contributed by atoms with Crippen molar-refractivity contribution in [1.29, 1.82) is 0 Å². The van der Waals surface area contributed by atoms with Gasteiger partial charge in [0.25, 0.3) is 0 Å². The van der Waals surface area contributed by atoms with E-state index in [1.807, 2.05) is 18.0 Å². The molecule has 0 radical (unpaired) electrons. The van der Waals surface area contributed by atoms with Gasteiger partial charge in [-0.15, -0.1) is 0 Å². The Morgan fingerprint density at radius 2 is 2.37 bits per heavy atom. The molecule has 1 atom stereocenters. The Bertz CT molecular complexity index is 410. The van der Waals surface area contributed by atoms with Crippen molar-refractivity contribution in [2.24, 2.45) is 0 Å². The molecule has 1 fully saturated rings. The van der Waals surface area contributed by atoms with Gasteiger partial charge in [-0.2, -0.15) is 11.8 Å². The standard InChI is InChI=1S/C14H24N4S/c1-4-5-15-8-13-9-16-14(17-12(13)3)18-6-7-19-11(2)10-18/h9,11,15H,4-8,10H2,1-3H3. The number of nitrogens with one attached hydrogen (secondary N) is 1. The molecule has 19 heavy (non-hydrogen) atoms. The topological polar surface area (TPSA) is 41.1 Å². The van der Waals surface area contributed by atoms with Crippen LogP contribution in [0.2, 0.25) is 0 Å². The molecule has 1 aromatic rings. The van der Waals surface area contributed by atoms with Crippen LogP contribution < -0.4 is 10.2 Å². The second-order valence-corrected chi connectivity index (χ2v) is 6.63. The van der Waals surface area contributed by atoms with Gasteiger partial charge in [0.15, 0.2) is 0 Å². The van der Waals surface area contributed by atoms with Gasteiger partial charge in [-0.3, -0.25) is 0 Å². The molecule has 5 heteroatoms. The van der Waals surface area contributed by atoms with E-state index in [4.69, 9.17) is 0 Å². The minimum atomic E-state index is 0.670. The number of hydrogen-bond acceptors (Lipinski definition) is 5. The largest absolute Gasteiger partial charge is 0.339 e. The zero-order chi connectivity index (χ0) is 13.7. The third-order valence-electron chi connectivity index (χ3n) is 3.33. The summed E-state index contributed by atoms with van der Waals surface area (Å²) in [6.45, 7) is 10.5. The third kappa shape index (κ3) is 4.08. The lowest BCUT2D eigenvalue weighted by molar-refractivity contribution is 0.666. The van der Waals surface area contributed by atoms with Gasteiger partial charge in [-0.1, -0.05) is 13.8 Å². The highest BCUT2D eigenvalue weighted by Gasteiger charge is 2.19. The zero-order valence-corrected chi connectivity index (χ0v) is 13.0. The lowest BCUT2D eigenvalue weighted by Crippen LogP contribution is -2.37. The van der Waals surface area contributed by atoms with Crippen LogP contribution in [0.15, 0.2) is 6.20 Å². The first-order chi connectivity index (χ1) is 9.20. The van der Waals surface area contributed by atoms with Crippen LogP contribution in [0.1, 0.15) is 31.5 Å². The van der Waals surface area contributed by atoms with Gasteiger partial charge in [0.2, 0.25) is 5.95 Å². The molecule has 0 bridgehead atoms. The molecule has 0 amide bonds. The van der Waals surface area contributed by atoms with Crippen LogP contribution in [-0.4, -0.2) is 40.6 Å². The van der Waals surface area contributed by atoms with E-state index in [9.17, 15) is 0 Å². The van der Waals surface area contributed by atoms with E-state index in [0.29, 0.717) is 5.25 Å². The van der Waals surface area contributed by atoms with Crippen molar-refractivity contribution in [3.8, 4) is 0 Å². The lowest BCUT2D eigenvalue weighted by Gasteiger charge is -2.30. The monoisotopic (exact) mass is 280 g/mol. The quantitative estimate of drug-likeness (QED) is 0.838. The Hall–Kier alpha value is -0.810. The van der Waals surface area contributed by atoms with Gasteiger partial charge in [-0.05, 0) is 19.9 Å². The molecule has 1 aromatic heterocycles. The average molecular weight is 280 g/mol. The first kappa shape index (κ1) is 14.6. The normalized spacial score (nSPS) is 19.7. The summed E-state index contributed by atoms with van der Waals surface area (Å²) in [5.41, 5.74) is 2.30. The van der Waals surface area contributed by atoms with Gasteiger partial charge in [0.05, 0.1) is 0 Å². The van der Waals surface area contributed by atoms with Gasteiger partial charge < -0.3 is 10.2 Å². The lowest BCUT2D eigenvalue weighted by atomic mass is 10.2. The molecule has 0 spiro atoms. The Balaban J connectivity index is 2.01. The molecule has 2 rings (SSSR count). The van der Waals surface area contributed by atoms with Crippen molar-refractivity contribution < 1.29 is 0 Å². The molecule has 2 heterocycles. The number of thioether (sulfide) groups is 1. The number of nitrogens with zero attached hydrogens (tertiary/aromatic N) is 3. The predicted molar refractivity (Wildman–Crippen MR) is 82.9 cm³/mol. The molecule has 1 aliphatic heterocycles. The Morgan fingerprint density at radius 1 is 1.53 bits per heavy atom. The zero-order valence-electron chi connectivity index (χ0n) is 12.1. The van der Waals surface area contributed by atoms with E-state index in [1.54, 1.807) is 0 Å². The highest BCUT2D eigenvalue weighted by atomic mass is 32.2. The van der Waals surface area contributed by atoms with Gasteiger partial charge in [-0.25, -0.2) is 9.97 Å². The Morgan fingerprint density at radius 3 is 3.05 bits per heavy atom. The predicted octanol–water partition coefficient (Wildman–Crippen LogP) is 2.23. The van der Waals surface area contributed by atoms with Crippen molar-refractivity contribution in [3.05, 3.63) is 17.5 Å². The number of aromatic nitrogens is 2. The molecule has 0 saturated carbocycles. The van der Waals surface area contributed by atoms with Crippen molar-refractivity contribution in [3.63, 3.8) is 0 Å². The van der Waals surface area contributed by atoms with Gasteiger partial charge in [0, 0.05) is 48.1 Å². The summed E-state index contributed by atoms with van der Waals surface area (Å²) in [5, 5.41) is 4.07. The van der Waals surface area contributed by atoms with Gasteiger partial charge >= 0.3 is 0 Å². The fourth-order valence-corrected chi connectivity index (χ4v) is 3.22. The van der Waals surface area contributed by atoms with Crippen LogP contribution >= 0.6 is 11.8 Å². The Labute approximate surface area is 120 Å².